The van der Waals surface area contributed by atoms with E-state index in [2.05, 4.69) is 6.07 Å². The lowest BCUT2D eigenvalue weighted by Gasteiger charge is -2.28. The van der Waals surface area contributed by atoms with Gasteiger partial charge in [-0.1, -0.05) is 18.2 Å². The van der Waals surface area contributed by atoms with Gasteiger partial charge in [0, 0.05) is 23.6 Å². The molecule has 1 atom stereocenters. The first kappa shape index (κ1) is 13.5. The molecule has 104 valence electrons. The molecule has 1 aliphatic heterocycles. The summed E-state index contributed by atoms with van der Waals surface area (Å²) in [5, 5.41) is 2.03. The number of amides is 1. The van der Waals surface area contributed by atoms with Gasteiger partial charge in [-0.2, -0.15) is 0 Å². The molecule has 1 aliphatic rings. The van der Waals surface area contributed by atoms with E-state index in [9.17, 15) is 9.00 Å². The van der Waals surface area contributed by atoms with E-state index in [1.165, 1.54) is 4.88 Å². The number of aryl methyl sites for hydroxylation is 1. The van der Waals surface area contributed by atoms with E-state index in [1.54, 1.807) is 16.2 Å². The fourth-order valence-electron chi connectivity index (χ4n) is 2.36. The predicted octanol–water partition coefficient (Wildman–Crippen LogP) is 2.84. The normalized spacial score (nSPS) is 17.8. The van der Waals surface area contributed by atoms with Crippen LogP contribution in [0.25, 0.3) is 0 Å². The van der Waals surface area contributed by atoms with Crippen molar-refractivity contribution in [2.24, 2.45) is 0 Å². The lowest BCUT2D eigenvalue weighted by atomic mass is 10.2. The molecular formula is C15H15NO2S2. The Morgan fingerprint density at radius 2 is 2.10 bits per heavy atom. The summed E-state index contributed by atoms with van der Waals surface area (Å²) < 4.78 is 12.0. The Morgan fingerprint density at radius 1 is 1.25 bits per heavy atom. The molecule has 5 heteroatoms. The zero-order chi connectivity index (χ0) is 13.9. The predicted molar refractivity (Wildman–Crippen MR) is 82.7 cm³/mol. The van der Waals surface area contributed by atoms with Crippen LogP contribution in [0.1, 0.15) is 11.3 Å². The number of rotatable bonds is 3. The van der Waals surface area contributed by atoms with Crippen molar-refractivity contribution in [1.82, 2.24) is 0 Å². The highest BCUT2D eigenvalue weighted by Gasteiger charge is 2.25. The molecule has 1 aromatic heterocycles. The first-order chi connectivity index (χ1) is 9.75. The van der Waals surface area contributed by atoms with Crippen LogP contribution < -0.4 is 4.90 Å². The Bertz CT molecular complexity index is 637. The van der Waals surface area contributed by atoms with E-state index in [4.69, 9.17) is 0 Å². The van der Waals surface area contributed by atoms with E-state index >= 15 is 0 Å². The topological polar surface area (TPSA) is 37.4 Å². The molecule has 1 amide bonds. The summed E-state index contributed by atoms with van der Waals surface area (Å²) in [5.74, 6) is 0.643. The molecule has 0 saturated heterocycles. The van der Waals surface area contributed by atoms with Crippen molar-refractivity contribution in [3.05, 3.63) is 46.7 Å². The van der Waals surface area contributed by atoms with Crippen LogP contribution in [0.2, 0.25) is 0 Å². The Hall–Kier alpha value is -1.46. The number of carbonyl (C=O) groups excluding carboxylic acids is 1. The van der Waals surface area contributed by atoms with Crippen LogP contribution in [-0.4, -0.2) is 22.4 Å². The van der Waals surface area contributed by atoms with Gasteiger partial charge in [0.05, 0.1) is 21.4 Å². The maximum Gasteiger partial charge on any atom is 0.227 e. The largest absolute Gasteiger partial charge is 0.310 e. The highest BCUT2D eigenvalue weighted by molar-refractivity contribution is 7.85. The van der Waals surface area contributed by atoms with E-state index in [-0.39, 0.29) is 5.91 Å². The first-order valence-electron chi connectivity index (χ1n) is 6.56. The van der Waals surface area contributed by atoms with Crippen LogP contribution in [0, 0.1) is 0 Å². The standard InChI is InChI=1S/C15H15NO2S2/c17-15(8-7-12-4-3-10-19-12)16-9-11-20(18)14-6-2-1-5-13(14)16/h1-6,10H,7-9,11H2. The summed E-state index contributed by atoms with van der Waals surface area (Å²) in [6.07, 6.45) is 1.28. The third-order valence-electron chi connectivity index (χ3n) is 3.37. The second-order valence-corrected chi connectivity index (χ2v) is 7.21. The Kier molecular flexibility index (Phi) is 3.98. The van der Waals surface area contributed by atoms with Crippen molar-refractivity contribution in [2.75, 3.05) is 17.2 Å². The minimum absolute atomic E-state index is 0.113. The summed E-state index contributed by atoms with van der Waals surface area (Å²) in [6.45, 7) is 0.549. The minimum atomic E-state index is -0.978. The van der Waals surface area contributed by atoms with Gasteiger partial charge in [0.1, 0.15) is 0 Å². The summed E-state index contributed by atoms with van der Waals surface area (Å²) in [4.78, 5) is 16.2. The van der Waals surface area contributed by atoms with E-state index in [0.717, 1.165) is 17.0 Å². The number of hydrogen-bond donors (Lipinski definition) is 0. The average Bonchev–Trinajstić information content (AvgIpc) is 2.99. The molecule has 0 bridgehead atoms. The number of benzene rings is 1. The van der Waals surface area contributed by atoms with E-state index in [1.807, 2.05) is 35.7 Å². The lowest BCUT2D eigenvalue weighted by molar-refractivity contribution is -0.118. The molecule has 2 heterocycles. The van der Waals surface area contributed by atoms with Crippen molar-refractivity contribution in [1.29, 1.82) is 0 Å². The van der Waals surface area contributed by atoms with Gasteiger partial charge in [-0.05, 0) is 30.0 Å². The molecule has 2 aromatic rings. The lowest BCUT2D eigenvalue weighted by Crippen LogP contribution is -2.38. The molecule has 0 fully saturated rings. The number of para-hydroxylation sites is 1. The Labute approximate surface area is 124 Å². The highest BCUT2D eigenvalue weighted by atomic mass is 32.2. The van der Waals surface area contributed by atoms with Gasteiger partial charge in [0.25, 0.3) is 0 Å². The fourth-order valence-corrected chi connectivity index (χ4v) is 4.28. The van der Waals surface area contributed by atoms with Crippen molar-refractivity contribution in [3.8, 4) is 0 Å². The van der Waals surface area contributed by atoms with Crippen LogP contribution in [0.15, 0.2) is 46.7 Å². The quantitative estimate of drug-likeness (QED) is 0.874. The zero-order valence-corrected chi connectivity index (χ0v) is 12.6. The van der Waals surface area contributed by atoms with Gasteiger partial charge in [-0.15, -0.1) is 11.3 Å². The minimum Gasteiger partial charge on any atom is -0.310 e. The number of thiophene rings is 1. The van der Waals surface area contributed by atoms with Crippen molar-refractivity contribution >= 4 is 33.7 Å². The van der Waals surface area contributed by atoms with E-state index < -0.39 is 10.8 Å². The van der Waals surface area contributed by atoms with Crippen LogP contribution in [0.4, 0.5) is 5.69 Å². The maximum absolute atomic E-state index is 12.4. The molecular weight excluding hydrogens is 290 g/mol. The molecule has 0 N–H and O–H groups in total. The van der Waals surface area contributed by atoms with Crippen LogP contribution in [-0.2, 0) is 22.0 Å². The maximum atomic E-state index is 12.4. The molecule has 3 nitrogen and oxygen atoms in total. The molecule has 1 unspecified atom stereocenters. The third-order valence-corrected chi connectivity index (χ3v) is 5.69. The van der Waals surface area contributed by atoms with Gasteiger partial charge in [0.2, 0.25) is 5.91 Å². The Morgan fingerprint density at radius 3 is 2.90 bits per heavy atom. The number of carbonyl (C=O) groups is 1. The van der Waals surface area contributed by atoms with Crippen molar-refractivity contribution in [3.63, 3.8) is 0 Å². The Balaban J connectivity index is 1.75. The summed E-state index contributed by atoms with van der Waals surface area (Å²) >= 11 is 1.68. The van der Waals surface area contributed by atoms with Gasteiger partial charge >= 0.3 is 0 Å². The zero-order valence-electron chi connectivity index (χ0n) is 11.0. The fraction of sp³-hybridized carbons (Fsp3) is 0.267. The van der Waals surface area contributed by atoms with Crippen LogP contribution in [0.3, 0.4) is 0 Å². The van der Waals surface area contributed by atoms with Crippen LogP contribution in [0.5, 0.6) is 0 Å². The summed E-state index contributed by atoms with van der Waals surface area (Å²) in [6, 6.07) is 11.6. The number of nitrogens with zero attached hydrogens (tertiary/aromatic N) is 1. The summed E-state index contributed by atoms with van der Waals surface area (Å²) in [5.41, 5.74) is 0.813. The van der Waals surface area contributed by atoms with Gasteiger partial charge in [-0.3, -0.25) is 9.00 Å². The number of fused-ring (bicyclic) bond motifs is 1. The molecule has 1 aromatic carbocycles. The van der Waals surface area contributed by atoms with Gasteiger partial charge in [-0.25, -0.2) is 0 Å². The second-order valence-electron chi connectivity index (χ2n) is 4.64. The average molecular weight is 305 g/mol. The molecule has 0 aliphatic carbocycles. The molecule has 20 heavy (non-hydrogen) atoms. The molecule has 0 saturated carbocycles. The van der Waals surface area contributed by atoms with Crippen molar-refractivity contribution in [2.45, 2.75) is 17.7 Å². The monoisotopic (exact) mass is 305 g/mol. The second kappa shape index (κ2) is 5.89. The SMILES string of the molecule is O=C(CCc1cccs1)N1CCS(=O)c2ccccc21. The van der Waals surface area contributed by atoms with Crippen molar-refractivity contribution < 1.29 is 9.00 Å². The summed E-state index contributed by atoms with van der Waals surface area (Å²) in [7, 11) is -0.978. The third kappa shape index (κ3) is 2.69. The smallest absolute Gasteiger partial charge is 0.227 e. The molecule has 0 radical (unpaired) electrons. The first-order valence-corrected chi connectivity index (χ1v) is 8.76. The van der Waals surface area contributed by atoms with E-state index in [0.29, 0.717) is 18.7 Å². The number of anilines is 1. The van der Waals surface area contributed by atoms with Gasteiger partial charge < -0.3 is 4.90 Å². The van der Waals surface area contributed by atoms with Crippen LogP contribution >= 0.6 is 11.3 Å². The molecule has 3 rings (SSSR count). The number of hydrogen-bond acceptors (Lipinski definition) is 3. The van der Waals surface area contributed by atoms with Gasteiger partial charge in [0.15, 0.2) is 0 Å². The highest BCUT2D eigenvalue weighted by Crippen LogP contribution is 2.28. The molecule has 0 spiro atoms.